The van der Waals surface area contributed by atoms with Gasteiger partial charge in [0, 0.05) is 6.54 Å². The van der Waals surface area contributed by atoms with E-state index >= 15 is 0 Å². The second kappa shape index (κ2) is 4.85. The lowest BCUT2D eigenvalue weighted by molar-refractivity contribution is -0.137. The Morgan fingerprint density at radius 3 is 2.26 bits per heavy atom. The number of amides is 1. The third kappa shape index (κ3) is 3.47. The van der Waals surface area contributed by atoms with E-state index in [0.717, 1.165) is 25.0 Å². The molecule has 1 amide bonds. The fourth-order valence-corrected chi connectivity index (χ4v) is 1.87. The van der Waals surface area contributed by atoms with Gasteiger partial charge in [-0.05, 0) is 30.5 Å². The second-order valence-electron chi connectivity index (χ2n) is 4.90. The fraction of sp³-hybridized carbons (Fsp3) is 0.462. The minimum atomic E-state index is -4.35. The number of nitrogens with two attached hydrogens (primary N) is 1. The minimum Gasteiger partial charge on any atom is -0.349 e. The molecule has 1 aromatic carbocycles. The summed E-state index contributed by atoms with van der Waals surface area (Å²) in [7, 11) is 0. The van der Waals surface area contributed by atoms with E-state index in [4.69, 9.17) is 5.73 Å². The maximum atomic E-state index is 12.4. The van der Waals surface area contributed by atoms with E-state index in [0.29, 0.717) is 12.1 Å². The highest BCUT2D eigenvalue weighted by Gasteiger charge is 2.42. The number of carbonyl (C=O) groups excluding carboxylic acids is 1. The van der Waals surface area contributed by atoms with Crippen LogP contribution in [0.4, 0.5) is 13.2 Å². The molecule has 0 heterocycles. The highest BCUT2D eigenvalue weighted by atomic mass is 19.4. The van der Waals surface area contributed by atoms with Crippen molar-refractivity contribution in [1.29, 1.82) is 0 Å². The monoisotopic (exact) mass is 272 g/mol. The van der Waals surface area contributed by atoms with Gasteiger partial charge in [-0.15, -0.1) is 0 Å². The molecule has 3 nitrogen and oxygen atoms in total. The molecule has 1 aliphatic carbocycles. The number of hydrogen-bond donors (Lipinski definition) is 2. The molecule has 0 atom stereocenters. The molecule has 0 aliphatic heterocycles. The Bertz CT molecular complexity index is 464. The zero-order valence-electron chi connectivity index (χ0n) is 10.3. The van der Waals surface area contributed by atoms with Gasteiger partial charge in [-0.25, -0.2) is 0 Å². The Hall–Kier alpha value is -1.56. The van der Waals surface area contributed by atoms with Gasteiger partial charge >= 0.3 is 6.18 Å². The predicted molar refractivity (Wildman–Crippen MR) is 64.3 cm³/mol. The summed E-state index contributed by atoms with van der Waals surface area (Å²) >= 11 is 0. The van der Waals surface area contributed by atoms with E-state index in [-0.39, 0.29) is 17.9 Å². The first-order valence-corrected chi connectivity index (χ1v) is 6.02. The summed E-state index contributed by atoms with van der Waals surface area (Å²) in [6.45, 7) is 0.395. The topological polar surface area (TPSA) is 55.1 Å². The molecule has 0 bridgehead atoms. The summed E-state index contributed by atoms with van der Waals surface area (Å²) in [5.41, 5.74) is 5.11. The molecule has 0 unspecified atom stereocenters. The van der Waals surface area contributed by atoms with Gasteiger partial charge in [-0.3, -0.25) is 4.79 Å². The van der Waals surface area contributed by atoms with Crippen molar-refractivity contribution in [3.63, 3.8) is 0 Å². The molecule has 0 radical (unpaired) electrons. The van der Waals surface area contributed by atoms with Crippen LogP contribution < -0.4 is 11.1 Å². The molecule has 1 saturated carbocycles. The number of alkyl halides is 3. The smallest absolute Gasteiger partial charge is 0.349 e. The number of hydrogen-bond acceptors (Lipinski definition) is 2. The van der Waals surface area contributed by atoms with Gasteiger partial charge in [0.25, 0.3) is 0 Å². The normalized spacial score (nSPS) is 17.1. The van der Waals surface area contributed by atoms with Crippen LogP contribution >= 0.6 is 0 Å². The Morgan fingerprint density at radius 2 is 1.84 bits per heavy atom. The van der Waals surface area contributed by atoms with E-state index in [2.05, 4.69) is 5.32 Å². The summed E-state index contributed by atoms with van der Waals surface area (Å²) < 4.78 is 37.1. The summed E-state index contributed by atoms with van der Waals surface area (Å²) in [6, 6.07) is 4.62. The predicted octanol–water partition coefficient (Wildman–Crippen LogP) is 1.86. The average molecular weight is 272 g/mol. The summed E-state index contributed by atoms with van der Waals surface area (Å²) in [6.07, 6.45) is -2.55. The standard InChI is InChI=1S/C13H15F3N2O/c14-13(15,16)10-3-1-9(2-4-10)7-11(19)18-12(8-17)5-6-12/h1-4H,5-8,17H2,(H,18,19). The summed E-state index contributed by atoms with van der Waals surface area (Å²) in [5.74, 6) is -0.206. The lowest BCUT2D eigenvalue weighted by Gasteiger charge is -2.15. The lowest BCUT2D eigenvalue weighted by Crippen LogP contribution is -2.43. The molecule has 0 saturated heterocycles. The first-order chi connectivity index (χ1) is 8.85. The van der Waals surface area contributed by atoms with Gasteiger partial charge < -0.3 is 11.1 Å². The fourth-order valence-electron chi connectivity index (χ4n) is 1.87. The van der Waals surface area contributed by atoms with Gasteiger partial charge in [0.2, 0.25) is 5.91 Å². The molecule has 104 valence electrons. The second-order valence-corrected chi connectivity index (χ2v) is 4.90. The number of nitrogens with one attached hydrogen (secondary N) is 1. The van der Waals surface area contributed by atoms with E-state index < -0.39 is 11.7 Å². The van der Waals surface area contributed by atoms with Crippen LogP contribution in [0.3, 0.4) is 0 Å². The maximum absolute atomic E-state index is 12.4. The van der Waals surface area contributed by atoms with Crippen LogP contribution in [-0.4, -0.2) is 18.0 Å². The quantitative estimate of drug-likeness (QED) is 0.879. The molecular formula is C13H15F3N2O. The van der Waals surface area contributed by atoms with Gasteiger partial charge in [-0.1, -0.05) is 12.1 Å². The molecule has 1 fully saturated rings. The van der Waals surface area contributed by atoms with Gasteiger partial charge in [0.1, 0.15) is 0 Å². The van der Waals surface area contributed by atoms with E-state index in [1.165, 1.54) is 12.1 Å². The van der Waals surface area contributed by atoms with Crippen molar-refractivity contribution in [3.8, 4) is 0 Å². The maximum Gasteiger partial charge on any atom is 0.416 e. The minimum absolute atomic E-state index is 0.0693. The zero-order chi connectivity index (χ0) is 14.1. The Labute approximate surface area is 109 Å². The van der Waals surface area contributed by atoms with Crippen molar-refractivity contribution < 1.29 is 18.0 Å². The van der Waals surface area contributed by atoms with Crippen molar-refractivity contribution in [1.82, 2.24) is 5.32 Å². The summed E-state index contributed by atoms with van der Waals surface area (Å²) in [5, 5.41) is 2.82. The number of carbonyl (C=O) groups is 1. The van der Waals surface area contributed by atoms with Gasteiger partial charge in [-0.2, -0.15) is 13.2 Å². The van der Waals surface area contributed by atoms with Gasteiger partial charge in [0.05, 0.1) is 17.5 Å². The Balaban J connectivity index is 1.94. The highest BCUT2D eigenvalue weighted by Crippen LogP contribution is 2.34. The lowest BCUT2D eigenvalue weighted by atomic mass is 10.1. The van der Waals surface area contributed by atoms with Crippen molar-refractivity contribution in [2.24, 2.45) is 5.73 Å². The van der Waals surface area contributed by atoms with E-state index in [9.17, 15) is 18.0 Å². The van der Waals surface area contributed by atoms with Crippen molar-refractivity contribution in [2.75, 3.05) is 6.54 Å². The molecule has 19 heavy (non-hydrogen) atoms. The Morgan fingerprint density at radius 1 is 1.26 bits per heavy atom. The third-order valence-electron chi connectivity index (χ3n) is 3.29. The largest absolute Gasteiger partial charge is 0.416 e. The van der Waals surface area contributed by atoms with Crippen molar-refractivity contribution in [3.05, 3.63) is 35.4 Å². The van der Waals surface area contributed by atoms with Crippen LogP contribution in [0.2, 0.25) is 0 Å². The molecule has 1 aliphatic rings. The van der Waals surface area contributed by atoms with Crippen LogP contribution in [0.1, 0.15) is 24.0 Å². The van der Waals surface area contributed by atoms with Gasteiger partial charge in [0.15, 0.2) is 0 Å². The van der Waals surface area contributed by atoms with Crippen LogP contribution in [0.15, 0.2) is 24.3 Å². The zero-order valence-corrected chi connectivity index (χ0v) is 10.3. The first kappa shape index (κ1) is 13.9. The van der Waals surface area contributed by atoms with E-state index in [1.54, 1.807) is 0 Å². The van der Waals surface area contributed by atoms with Crippen LogP contribution in [-0.2, 0) is 17.4 Å². The molecule has 0 spiro atoms. The SMILES string of the molecule is NCC1(NC(=O)Cc2ccc(C(F)(F)F)cc2)CC1. The van der Waals surface area contributed by atoms with Crippen LogP contribution in [0.5, 0.6) is 0 Å². The van der Waals surface area contributed by atoms with Crippen molar-refractivity contribution in [2.45, 2.75) is 31.0 Å². The molecular weight excluding hydrogens is 257 g/mol. The molecule has 0 aromatic heterocycles. The number of benzene rings is 1. The molecule has 2 rings (SSSR count). The molecule has 3 N–H and O–H groups in total. The average Bonchev–Trinajstić information content (AvgIpc) is 3.09. The Kier molecular flexibility index (Phi) is 3.54. The van der Waals surface area contributed by atoms with Crippen molar-refractivity contribution >= 4 is 5.91 Å². The summed E-state index contributed by atoms with van der Waals surface area (Å²) in [4.78, 5) is 11.7. The first-order valence-electron chi connectivity index (χ1n) is 6.02. The third-order valence-corrected chi connectivity index (χ3v) is 3.29. The van der Waals surface area contributed by atoms with Crippen LogP contribution in [0.25, 0.3) is 0 Å². The highest BCUT2D eigenvalue weighted by molar-refractivity contribution is 5.79. The number of halogens is 3. The van der Waals surface area contributed by atoms with E-state index in [1.807, 2.05) is 0 Å². The van der Waals surface area contributed by atoms with Crippen LogP contribution in [0, 0.1) is 0 Å². The number of rotatable bonds is 4. The molecule has 6 heteroatoms. The molecule has 1 aromatic rings.